The van der Waals surface area contributed by atoms with Crippen LogP contribution in [0.25, 0.3) is 0 Å². The number of Topliss-reactive ketones (excluding diaryl/α,β-unsaturated/α-hetero) is 1. The summed E-state index contributed by atoms with van der Waals surface area (Å²) in [6.07, 6.45) is 0.690. The van der Waals surface area contributed by atoms with Gasteiger partial charge in [0.05, 0.1) is 0 Å². The quantitative estimate of drug-likeness (QED) is 0.633. The number of hydrogen-bond acceptors (Lipinski definition) is 3. The Bertz CT molecular complexity index is 273. The minimum atomic E-state index is -0.616. The van der Waals surface area contributed by atoms with Gasteiger partial charge < -0.3 is 0 Å². The molecule has 1 aliphatic rings. The predicted octanol–water partition coefficient (Wildman–Crippen LogP) is 1.07. The van der Waals surface area contributed by atoms with E-state index in [0.717, 1.165) is 6.42 Å². The second-order valence-electron chi connectivity index (χ2n) is 3.49. The number of nitrogens with zero attached hydrogens (tertiary/aromatic N) is 1. The summed E-state index contributed by atoms with van der Waals surface area (Å²) in [4.78, 5) is 27.8. The van der Waals surface area contributed by atoms with E-state index < -0.39 is 6.10 Å². The zero-order valence-corrected chi connectivity index (χ0v) is 8.58. The number of rotatable bonds is 4. The van der Waals surface area contributed by atoms with Crippen LogP contribution in [0.1, 0.15) is 26.7 Å². The normalized spacial score (nSPS) is 18.4. The lowest BCUT2D eigenvalue weighted by atomic mass is 10.1. The molecule has 1 aliphatic heterocycles. The highest BCUT2D eigenvalue weighted by atomic mass is 16.7. The molecule has 0 saturated carbocycles. The molecule has 78 valence electrons. The summed E-state index contributed by atoms with van der Waals surface area (Å²) in [5, 5.41) is 1.27. The van der Waals surface area contributed by atoms with Crippen molar-refractivity contribution in [3.63, 3.8) is 0 Å². The van der Waals surface area contributed by atoms with Crippen molar-refractivity contribution in [3.8, 4) is 0 Å². The molecule has 14 heavy (non-hydrogen) atoms. The molecule has 1 heterocycles. The fraction of sp³-hybridized carbons (Fsp3) is 0.600. The number of amides is 1. The van der Waals surface area contributed by atoms with E-state index in [1.807, 2.05) is 0 Å². The van der Waals surface area contributed by atoms with Gasteiger partial charge in [0, 0.05) is 13.0 Å². The molecule has 0 spiro atoms. The molecule has 1 unspecified atom stereocenters. The fourth-order valence-electron chi connectivity index (χ4n) is 1.32. The fourth-order valence-corrected chi connectivity index (χ4v) is 1.32. The highest BCUT2D eigenvalue weighted by Gasteiger charge is 2.25. The number of ketones is 1. The molecule has 0 aliphatic carbocycles. The maximum Gasteiger partial charge on any atom is 0.246 e. The SMILES string of the molecule is C=C(C)C(=O)C(C)ON1CCCC1=O. The molecule has 0 aromatic heterocycles. The Hall–Kier alpha value is -1.16. The van der Waals surface area contributed by atoms with Gasteiger partial charge in [-0.2, -0.15) is 0 Å². The first-order chi connectivity index (χ1) is 6.52. The van der Waals surface area contributed by atoms with Crippen LogP contribution in [0, 0.1) is 0 Å². The third-order valence-corrected chi connectivity index (χ3v) is 2.11. The van der Waals surface area contributed by atoms with E-state index in [4.69, 9.17) is 4.84 Å². The highest BCUT2D eigenvalue weighted by Crippen LogP contribution is 2.13. The molecule has 1 saturated heterocycles. The van der Waals surface area contributed by atoms with E-state index in [1.54, 1.807) is 13.8 Å². The van der Waals surface area contributed by atoms with Crippen LogP contribution in [0.2, 0.25) is 0 Å². The first kappa shape index (κ1) is 10.9. The number of carbonyl (C=O) groups excluding carboxylic acids is 2. The van der Waals surface area contributed by atoms with Crippen molar-refractivity contribution in [2.45, 2.75) is 32.8 Å². The maximum atomic E-state index is 11.4. The van der Waals surface area contributed by atoms with E-state index in [-0.39, 0.29) is 11.7 Å². The highest BCUT2D eigenvalue weighted by molar-refractivity contribution is 5.97. The zero-order valence-electron chi connectivity index (χ0n) is 8.58. The van der Waals surface area contributed by atoms with E-state index in [9.17, 15) is 9.59 Å². The van der Waals surface area contributed by atoms with Gasteiger partial charge in [0.1, 0.15) is 6.10 Å². The Morgan fingerprint density at radius 3 is 2.71 bits per heavy atom. The predicted molar refractivity (Wildman–Crippen MR) is 51.3 cm³/mol. The summed E-state index contributed by atoms with van der Waals surface area (Å²) in [6.45, 7) is 7.37. The smallest absolute Gasteiger partial charge is 0.246 e. The second-order valence-corrected chi connectivity index (χ2v) is 3.49. The summed E-state index contributed by atoms with van der Waals surface area (Å²) in [5.74, 6) is -0.212. The van der Waals surface area contributed by atoms with E-state index in [2.05, 4.69) is 6.58 Å². The van der Waals surface area contributed by atoms with Gasteiger partial charge in [0.25, 0.3) is 0 Å². The van der Waals surface area contributed by atoms with Crippen LogP contribution in [0.5, 0.6) is 0 Å². The molecule has 0 N–H and O–H groups in total. The Kier molecular flexibility index (Phi) is 3.41. The van der Waals surface area contributed by atoms with Gasteiger partial charge in [-0.3, -0.25) is 14.4 Å². The topological polar surface area (TPSA) is 46.6 Å². The molecule has 1 rings (SSSR count). The molecule has 0 aromatic rings. The summed E-state index contributed by atoms with van der Waals surface area (Å²) < 4.78 is 0. The summed E-state index contributed by atoms with van der Waals surface area (Å²) in [7, 11) is 0. The molecule has 0 radical (unpaired) electrons. The molecule has 4 nitrogen and oxygen atoms in total. The Balaban J connectivity index is 2.47. The van der Waals surface area contributed by atoms with Gasteiger partial charge in [0.15, 0.2) is 5.78 Å². The van der Waals surface area contributed by atoms with Crippen LogP contribution in [0.4, 0.5) is 0 Å². The van der Waals surface area contributed by atoms with Crippen molar-refractivity contribution in [3.05, 3.63) is 12.2 Å². The molecule has 1 fully saturated rings. The van der Waals surface area contributed by atoms with Crippen molar-refractivity contribution in [2.75, 3.05) is 6.54 Å². The maximum absolute atomic E-state index is 11.4. The van der Waals surface area contributed by atoms with Crippen molar-refractivity contribution in [2.24, 2.45) is 0 Å². The number of hydroxylamine groups is 2. The van der Waals surface area contributed by atoms with E-state index >= 15 is 0 Å². The van der Waals surface area contributed by atoms with Crippen molar-refractivity contribution < 1.29 is 14.4 Å². The van der Waals surface area contributed by atoms with Gasteiger partial charge in [-0.15, -0.1) is 0 Å². The van der Waals surface area contributed by atoms with Crippen LogP contribution in [-0.4, -0.2) is 29.4 Å². The number of hydrogen-bond donors (Lipinski definition) is 0. The Morgan fingerprint density at radius 1 is 1.64 bits per heavy atom. The molecule has 0 bridgehead atoms. The van der Waals surface area contributed by atoms with Crippen LogP contribution in [0.3, 0.4) is 0 Å². The number of carbonyl (C=O) groups is 2. The van der Waals surface area contributed by atoms with Crippen molar-refractivity contribution in [1.29, 1.82) is 0 Å². The zero-order chi connectivity index (χ0) is 10.7. The first-order valence-electron chi connectivity index (χ1n) is 4.69. The van der Waals surface area contributed by atoms with Gasteiger partial charge >= 0.3 is 0 Å². The van der Waals surface area contributed by atoms with Crippen LogP contribution < -0.4 is 0 Å². The van der Waals surface area contributed by atoms with Gasteiger partial charge in [-0.1, -0.05) is 6.58 Å². The van der Waals surface area contributed by atoms with Gasteiger partial charge in [0.2, 0.25) is 5.91 Å². The standard InChI is InChI=1S/C10H15NO3/c1-7(2)10(13)8(3)14-11-6-4-5-9(11)12/h8H,1,4-6H2,2-3H3. The Labute approximate surface area is 83.5 Å². The Morgan fingerprint density at radius 2 is 2.29 bits per heavy atom. The van der Waals surface area contributed by atoms with Crippen LogP contribution in [0.15, 0.2) is 12.2 Å². The largest absolute Gasteiger partial charge is 0.292 e. The molecular weight excluding hydrogens is 182 g/mol. The summed E-state index contributed by atoms with van der Waals surface area (Å²) in [5.41, 5.74) is 0.448. The average molecular weight is 197 g/mol. The summed E-state index contributed by atoms with van der Waals surface area (Å²) in [6, 6.07) is 0. The summed E-state index contributed by atoms with van der Waals surface area (Å²) >= 11 is 0. The molecule has 1 amide bonds. The minimum absolute atomic E-state index is 0.0497. The lowest BCUT2D eigenvalue weighted by Crippen LogP contribution is -2.33. The molecule has 0 aromatic carbocycles. The van der Waals surface area contributed by atoms with E-state index in [0.29, 0.717) is 18.5 Å². The van der Waals surface area contributed by atoms with Gasteiger partial charge in [-0.25, -0.2) is 5.06 Å². The van der Waals surface area contributed by atoms with Crippen LogP contribution in [-0.2, 0) is 14.4 Å². The van der Waals surface area contributed by atoms with Crippen molar-refractivity contribution >= 4 is 11.7 Å². The average Bonchev–Trinajstić information content (AvgIpc) is 2.50. The lowest BCUT2D eigenvalue weighted by molar-refractivity contribution is -0.194. The van der Waals surface area contributed by atoms with Gasteiger partial charge in [-0.05, 0) is 25.8 Å². The van der Waals surface area contributed by atoms with E-state index in [1.165, 1.54) is 5.06 Å². The lowest BCUT2D eigenvalue weighted by Gasteiger charge is -2.19. The molecular formula is C10H15NO3. The third kappa shape index (κ3) is 2.42. The van der Waals surface area contributed by atoms with Crippen LogP contribution >= 0.6 is 0 Å². The first-order valence-corrected chi connectivity index (χ1v) is 4.69. The molecule has 4 heteroatoms. The monoisotopic (exact) mass is 197 g/mol. The van der Waals surface area contributed by atoms with Crippen molar-refractivity contribution in [1.82, 2.24) is 5.06 Å². The molecule has 1 atom stereocenters. The minimum Gasteiger partial charge on any atom is -0.292 e. The third-order valence-electron chi connectivity index (χ3n) is 2.11. The second kappa shape index (κ2) is 4.37.